The van der Waals surface area contributed by atoms with E-state index in [2.05, 4.69) is 6.92 Å². The molecule has 0 bridgehead atoms. The quantitative estimate of drug-likeness (QED) is 0.545. The van der Waals surface area contributed by atoms with Crippen molar-refractivity contribution in [1.82, 2.24) is 0 Å². The first-order valence-corrected chi connectivity index (χ1v) is 10.1. The largest absolute Gasteiger partial charge is 0.375 e. The van der Waals surface area contributed by atoms with Crippen molar-refractivity contribution in [2.75, 3.05) is 11.4 Å². The number of aliphatic hydroxyl groups is 1. The molecule has 1 heterocycles. The third kappa shape index (κ3) is 4.41. The van der Waals surface area contributed by atoms with Crippen LogP contribution in [0.4, 0.5) is 5.69 Å². The summed E-state index contributed by atoms with van der Waals surface area (Å²) in [5, 5.41) is 11.6. The molecule has 1 aliphatic heterocycles. The van der Waals surface area contributed by atoms with E-state index in [-0.39, 0.29) is 22.8 Å². The van der Waals surface area contributed by atoms with Gasteiger partial charge in [0.1, 0.15) is 5.78 Å². The normalized spacial score (nSPS) is 19.1. The zero-order valence-corrected chi connectivity index (χ0v) is 17.0. The number of rotatable bonds is 10. The first-order valence-electron chi connectivity index (χ1n) is 9.35. The van der Waals surface area contributed by atoms with Gasteiger partial charge >= 0.3 is 0 Å². The third-order valence-electron chi connectivity index (χ3n) is 4.85. The van der Waals surface area contributed by atoms with Crippen LogP contribution in [-0.2, 0) is 15.2 Å². The van der Waals surface area contributed by atoms with Crippen LogP contribution in [0.5, 0.6) is 0 Å². The number of ketones is 1. The Hall–Kier alpha value is -1.10. The van der Waals surface area contributed by atoms with E-state index in [9.17, 15) is 14.7 Å². The summed E-state index contributed by atoms with van der Waals surface area (Å²) in [7, 11) is 0. The number of carbonyl (C=O) groups excluding carboxylic acids is 2. The SMILES string of the molecule is CCCCCCCCCN1C(=O)C(O)(CC(C)=O)c2c(Cl)ccc(Cl)c21. The molecule has 4 nitrogen and oxygen atoms in total. The van der Waals surface area contributed by atoms with Gasteiger partial charge in [-0.25, -0.2) is 0 Å². The molecule has 0 aromatic heterocycles. The molecule has 1 aromatic rings. The van der Waals surface area contributed by atoms with Gasteiger partial charge in [-0.2, -0.15) is 0 Å². The van der Waals surface area contributed by atoms with E-state index in [0.29, 0.717) is 17.3 Å². The zero-order valence-electron chi connectivity index (χ0n) is 15.5. The average molecular weight is 400 g/mol. The lowest BCUT2D eigenvalue weighted by Crippen LogP contribution is -2.42. The van der Waals surface area contributed by atoms with Crippen LogP contribution in [0.25, 0.3) is 0 Å². The van der Waals surface area contributed by atoms with Gasteiger partial charge in [0.15, 0.2) is 5.60 Å². The maximum atomic E-state index is 12.9. The molecule has 1 aromatic carbocycles. The number of halogens is 2. The molecule has 1 aliphatic rings. The molecule has 26 heavy (non-hydrogen) atoms. The summed E-state index contributed by atoms with van der Waals surface area (Å²) in [6.07, 6.45) is 7.54. The van der Waals surface area contributed by atoms with Gasteiger partial charge in [-0.15, -0.1) is 0 Å². The van der Waals surface area contributed by atoms with E-state index in [1.165, 1.54) is 37.5 Å². The van der Waals surface area contributed by atoms with E-state index in [1.54, 1.807) is 12.1 Å². The fourth-order valence-corrected chi connectivity index (χ4v) is 4.16. The molecule has 1 amide bonds. The van der Waals surface area contributed by atoms with Crippen molar-refractivity contribution in [3.05, 3.63) is 27.7 Å². The number of nitrogens with zero attached hydrogens (tertiary/aromatic N) is 1. The zero-order chi connectivity index (χ0) is 19.3. The van der Waals surface area contributed by atoms with Crippen LogP contribution in [0.15, 0.2) is 12.1 Å². The van der Waals surface area contributed by atoms with E-state index in [0.717, 1.165) is 19.3 Å². The highest BCUT2D eigenvalue weighted by Gasteiger charge is 2.52. The minimum atomic E-state index is -1.93. The Balaban J connectivity index is 2.15. The highest BCUT2D eigenvalue weighted by Crippen LogP contribution is 2.49. The lowest BCUT2D eigenvalue weighted by atomic mass is 9.90. The van der Waals surface area contributed by atoms with Crippen LogP contribution in [0.1, 0.15) is 70.8 Å². The van der Waals surface area contributed by atoms with Crippen LogP contribution >= 0.6 is 23.2 Å². The van der Waals surface area contributed by atoms with Crippen molar-refractivity contribution in [1.29, 1.82) is 0 Å². The van der Waals surface area contributed by atoms with Crippen LogP contribution < -0.4 is 4.90 Å². The Morgan fingerprint density at radius 1 is 1.08 bits per heavy atom. The van der Waals surface area contributed by atoms with Crippen molar-refractivity contribution < 1.29 is 14.7 Å². The standard InChI is InChI=1S/C20H27Cl2NO3/c1-3-4-5-6-7-8-9-12-23-18-16(22)11-10-15(21)17(18)20(26,19(23)25)13-14(2)24/h10-11,26H,3-9,12-13H2,1-2H3. The highest BCUT2D eigenvalue weighted by atomic mass is 35.5. The number of Topliss-reactive ketones (excluding diaryl/α,β-unsaturated/α-hetero) is 1. The van der Waals surface area contributed by atoms with Gasteiger partial charge in [0.05, 0.1) is 10.7 Å². The molecule has 144 valence electrons. The van der Waals surface area contributed by atoms with Gasteiger partial charge in [0.25, 0.3) is 5.91 Å². The lowest BCUT2D eigenvalue weighted by molar-refractivity contribution is -0.141. The van der Waals surface area contributed by atoms with E-state index < -0.39 is 11.5 Å². The molecular weight excluding hydrogens is 373 g/mol. The van der Waals surface area contributed by atoms with Gasteiger partial charge in [0.2, 0.25) is 0 Å². The van der Waals surface area contributed by atoms with Gasteiger partial charge in [-0.3, -0.25) is 9.59 Å². The number of hydrogen-bond donors (Lipinski definition) is 1. The molecule has 1 unspecified atom stereocenters. The fourth-order valence-electron chi connectivity index (χ4n) is 3.59. The van der Waals surface area contributed by atoms with Crippen molar-refractivity contribution >= 4 is 40.6 Å². The Morgan fingerprint density at radius 2 is 1.65 bits per heavy atom. The van der Waals surface area contributed by atoms with E-state index >= 15 is 0 Å². The highest BCUT2D eigenvalue weighted by molar-refractivity contribution is 6.38. The number of carbonyl (C=O) groups is 2. The second-order valence-corrected chi connectivity index (χ2v) is 7.88. The molecule has 2 rings (SSSR count). The van der Waals surface area contributed by atoms with Crippen molar-refractivity contribution in [3.8, 4) is 0 Å². The minimum Gasteiger partial charge on any atom is -0.375 e. The summed E-state index contributed by atoms with van der Waals surface area (Å²) in [5.41, 5.74) is -1.22. The van der Waals surface area contributed by atoms with Crippen molar-refractivity contribution in [2.24, 2.45) is 0 Å². The van der Waals surface area contributed by atoms with Gasteiger partial charge in [-0.05, 0) is 25.5 Å². The Morgan fingerprint density at radius 3 is 2.27 bits per heavy atom. The second-order valence-electron chi connectivity index (χ2n) is 7.07. The maximum absolute atomic E-state index is 12.9. The van der Waals surface area contributed by atoms with Crippen molar-refractivity contribution in [3.63, 3.8) is 0 Å². The molecule has 6 heteroatoms. The van der Waals surface area contributed by atoms with E-state index in [4.69, 9.17) is 23.2 Å². The molecule has 1 atom stereocenters. The van der Waals surface area contributed by atoms with Crippen LogP contribution in [0, 0.1) is 0 Å². The smallest absolute Gasteiger partial charge is 0.264 e. The molecule has 0 spiro atoms. The summed E-state index contributed by atoms with van der Waals surface area (Å²) in [6.45, 7) is 4.00. The Labute approximate surface area is 165 Å². The number of hydrogen-bond acceptors (Lipinski definition) is 3. The van der Waals surface area contributed by atoms with Gasteiger partial charge in [-0.1, -0.05) is 68.7 Å². The number of amides is 1. The monoisotopic (exact) mass is 399 g/mol. The molecule has 0 radical (unpaired) electrons. The summed E-state index contributed by atoms with van der Waals surface area (Å²) in [6, 6.07) is 3.17. The number of fused-ring (bicyclic) bond motifs is 1. The van der Waals surface area contributed by atoms with Crippen LogP contribution in [-0.4, -0.2) is 23.3 Å². The first kappa shape index (κ1) is 21.2. The van der Waals surface area contributed by atoms with Gasteiger partial charge < -0.3 is 10.0 Å². The second kappa shape index (κ2) is 9.20. The average Bonchev–Trinajstić information content (AvgIpc) is 2.79. The van der Waals surface area contributed by atoms with Crippen molar-refractivity contribution in [2.45, 2.75) is 70.8 Å². The summed E-state index contributed by atoms with van der Waals surface area (Å²) in [5.74, 6) is -0.788. The topological polar surface area (TPSA) is 57.6 Å². The van der Waals surface area contributed by atoms with E-state index in [1.807, 2.05) is 0 Å². The lowest BCUT2D eigenvalue weighted by Gasteiger charge is -2.22. The predicted molar refractivity (Wildman–Crippen MR) is 106 cm³/mol. The fraction of sp³-hybridized carbons (Fsp3) is 0.600. The number of anilines is 1. The molecule has 0 aliphatic carbocycles. The summed E-state index contributed by atoms with van der Waals surface area (Å²) in [4.78, 5) is 26.1. The predicted octanol–water partition coefficient (Wildman–Crippen LogP) is 5.26. The van der Waals surface area contributed by atoms with Gasteiger partial charge in [0, 0.05) is 23.6 Å². The first-order chi connectivity index (χ1) is 12.3. The Bertz CT molecular complexity index is 677. The molecule has 0 saturated carbocycles. The summed E-state index contributed by atoms with van der Waals surface area (Å²) < 4.78 is 0. The molecule has 1 N–H and O–H groups in total. The Kier molecular flexibility index (Phi) is 7.51. The maximum Gasteiger partial charge on any atom is 0.264 e. The molecular formula is C20H27Cl2NO3. The number of benzene rings is 1. The van der Waals surface area contributed by atoms with Crippen LogP contribution in [0.2, 0.25) is 10.0 Å². The minimum absolute atomic E-state index is 0.253. The van der Waals surface area contributed by atoms with Crippen LogP contribution in [0.3, 0.4) is 0 Å². The number of unbranched alkanes of at least 4 members (excludes halogenated alkanes) is 6. The third-order valence-corrected chi connectivity index (χ3v) is 5.47. The molecule has 0 saturated heterocycles. The molecule has 0 fully saturated rings. The summed E-state index contributed by atoms with van der Waals surface area (Å²) >= 11 is 12.6.